The Morgan fingerprint density at radius 2 is 1.33 bits per heavy atom. The lowest BCUT2D eigenvalue weighted by Gasteiger charge is -2.38. The first kappa shape index (κ1) is 50.4. The maximum Gasteiger partial charge on any atom is 0.247 e. The molecule has 22 heteroatoms. The van der Waals surface area contributed by atoms with Crippen molar-refractivity contribution in [2.24, 2.45) is 5.73 Å². The highest BCUT2D eigenvalue weighted by Crippen LogP contribution is 2.25. The normalized spacial score (nSPS) is 15.1. The van der Waals surface area contributed by atoms with Gasteiger partial charge in [-0.15, -0.1) is 16.6 Å². The van der Waals surface area contributed by atoms with Crippen LogP contribution in [0.15, 0.2) is 36.7 Å². The summed E-state index contributed by atoms with van der Waals surface area (Å²) in [4.78, 5) is 50.8. The van der Waals surface area contributed by atoms with Crippen LogP contribution in [0.1, 0.15) is 68.1 Å². The summed E-state index contributed by atoms with van der Waals surface area (Å²) in [6.07, 6.45) is 14.6. The van der Waals surface area contributed by atoms with Crippen LogP contribution in [0.4, 0.5) is 17.8 Å². The van der Waals surface area contributed by atoms with Gasteiger partial charge in [-0.3, -0.25) is 9.59 Å². The van der Waals surface area contributed by atoms with Gasteiger partial charge in [0.2, 0.25) is 29.7 Å². The van der Waals surface area contributed by atoms with Gasteiger partial charge in [-0.1, -0.05) is 41.8 Å². The Labute approximate surface area is 392 Å². The Morgan fingerprint density at radius 3 is 1.91 bits per heavy atom. The maximum atomic E-state index is 14.3. The van der Waals surface area contributed by atoms with Crippen LogP contribution < -0.4 is 20.9 Å². The number of aromatic hydroxyl groups is 1. The summed E-state index contributed by atoms with van der Waals surface area (Å²) < 4.78 is 19.8. The SMILES string of the molecule is C#CCOCCOCCOCCNc1nc(N2CCN(C(=O)[C@H](CCCCN)n3cc(CCCC)nn3)CC2)nc(N2CCN(C(=O)[C@H](Cc3ccc(O)cc3)n3cc(CCO)nn3)CC2)n1. The Balaban J connectivity index is 1.12. The van der Waals surface area contributed by atoms with Crippen LogP contribution in [-0.2, 0) is 43.1 Å². The lowest BCUT2D eigenvalue weighted by Crippen LogP contribution is -2.52. The van der Waals surface area contributed by atoms with Crippen LogP contribution in [0.3, 0.4) is 0 Å². The van der Waals surface area contributed by atoms with Gasteiger partial charge in [0.15, 0.2) is 0 Å². The molecule has 0 spiro atoms. The molecule has 2 aliphatic heterocycles. The third-order valence-corrected chi connectivity index (χ3v) is 11.6. The molecule has 364 valence electrons. The second-order valence-corrected chi connectivity index (χ2v) is 16.4. The fraction of sp³-hybridized carbons (Fsp3) is 0.622. The van der Waals surface area contributed by atoms with Gasteiger partial charge in [0.1, 0.15) is 24.4 Å². The molecule has 3 aromatic heterocycles. The fourth-order valence-corrected chi connectivity index (χ4v) is 7.83. The summed E-state index contributed by atoms with van der Waals surface area (Å²) >= 11 is 0. The molecule has 22 nitrogen and oxygen atoms in total. The predicted molar refractivity (Wildman–Crippen MR) is 249 cm³/mol. The number of carbonyl (C=O) groups excluding carboxylic acids is 2. The van der Waals surface area contributed by atoms with Crippen LogP contribution >= 0.6 is 0 Å². The maximum absolute atomic E-state index is 14.3. The van der Waals surface area contributed by atoms with Crippen LogP contribution in [-0.4, -0.2) is 188 Å². The van der Waals surface area contributed by atoms with Gasteiger partial charge in [-0.2, -0.15) is 15.0 Å². The van der Waals surface area contributed by atoms with Crippen molar-refractivity contribution in [3.63, 3.8) is 0 Å². The molecule has 5 heterocycles. The van der Waals surface area contributed by atoms with E-state index in [0.29, 0.717) is 141 Å². The van der Waals surface area contributed by atoms with Crippen molar-refractivity contribution < 1.29 is 34.0 Å². The average molecular weight is 930 g/mol. The Bertz CT molecular complexity index is 2130. The molecule has 0 aliphatic carbocycles. The zero-order valence-electron chi connectivity index (χ0n) is 38.7. The van der Waals surface area contributed by atoms with Crippen molar-refractivity contribution >= 4 is 29.7 Å². The number of aryl methyl sites for hydroxylation is 1. The molecular weight excluding hydrogens is 863 g/mol. The average Bonchev–Trinajstić information content (AvgIpc) is 4.03. The van der Waals surface area contributed by atoms with E-state index in [1.54, 1.807) is 39.8 Å². The fourth-order valence-electron chi connectivity index (χ4n) is 7.83. The number of benzene rings is 1. The second-order valence-electron chi connectivity index (χ2n) is 16.4. The number of hydrogen-bond acceptors (Lipinski definition) is 18. The first-order valence-electron chi connectivity index (χ1n) is 23.4. The molecular formula is C45H67N15O7. The van der Waals surface area contributed by atoms with Crippen molar-refractivity contribution in [1.29, 1.82) is 0 Å². The van der Waals surface area contributed by atoms with Crippen molar-refractivity contribution in [2.45, 2.75) is 70.4 Å². The molecule has 0 saturated carbocycles. The van der Waals surface area contributed by atoms with Gasteiger partial charge in [0.25, 0.3) is 0 Å². The second kappa shape index (κ2) is 27.0. The molecule has 0 unspecified atom stereocenters. The standard InChI is InChI=1S/C45H67N15O7/c1-3-5-8-36-33-59(53-51-36)39(9-6-7-15-46)41(63)55-17-21-57(22-18-55)44-48-43(47-16-27-66-29-31-67-30-28-65-26-4-2)49-45(50-44)58-23-19-56(20-24-58)42(64)40(32-35-10-12-38(62)13-11-35)60-34-37(14-25-61)52-54-60/h2,10-13,33-34,39-40,61-62H,3,5-9,14-32,46H2,1H3,(H,47,48,49,50)/t39-,40-/m0/s1. The number of nitrogens with one attached hydrogen (secondary N) is 1. The number of nitrogens with zero attached hydrogens (tertiary/aromatic N) is 13. The number of ether oxygens (including phenoxy) is 3. The number of phenols is 1. The molecule has 6 rings (SSSR count). The molecule has 0 radical (unpaired) electrons. The zero-order chi connectivity index (χ0) is 47.2. The lowest BCUT2D eigenvalue weighted by atomic mass is 10.0. The summed E-state index contributed by atoms with van der Waals surface area (Å²) in [5.41, 5.74) is 8.15. The van der Waals surface area contributed by atoms with Crippen molar-refractivity contribution in [3.05, 3.63) is 53.6 Å². The topological polar surface area (TPSA) is 253 Å². The minimum Gasteiger partial charge on any atom is -0.508 e. The third kappa shape index (κ3) is 15.3. The number of anilines is 3. The van der Waals surface area contributed by atoms with Crippen molar-refractivity contribution in [3.8, 4) is 18.1 Å². The van der Waals surface area contributed by atoms with E-state index in [9.17, 15) is 19.8 Å². The number of hydrogen-bond donors (Lipinski definition) is 4. The molecule has 2 aliphatic rings. The number of phenolic OH excluding ortho intramolecular Hbond substituents is 1. The van der Waals surface area contributed by atoms with Crippen molar-refractivity contribution in [2.75, 3.05) is 127 Å². The highest BCUT2D eigenvalue weighted by molar-refractivity contribution is 5.81. The first-order chi connectivity index (χ1) is 32.8. The lowest BCUT2D eigenvalue weighted by molar-refractivity contribution is -0.136. The molecule has 2 fully saturated rings. The molecule has 2 atom stereocenters. The first-order valence-corrected chi connectivity index (χ1v) is 23.4. The van der Waals surface area contributed by atoms with Crippen LogP contribution in [0, 0.1) is 12.3 Å². The monoisotopic (exact) mass is 930 g/mol. The minimum absolute atomic E-state index is 0.0112. The summed E-state index contributed by atoms with van der Waals surface area (Å²) in [6.45, 7) is 9.01. The van der Waals surface area contributed by atoms with Gasteiger partial charge in [-0.05, 0) is 56.3 Å². The molecule has 1 aromatic carbocycles. The number of aliphatic hydroxyl groups excluding tert-OH is 1. The predicted octanol–water partition coefficient (Wildman–Crippen LogP) is 0.884. The quantitative estimate of drug-likeness (QED) is 0.0456. The van der Waals surface area contributed by atoms with E-state index in [-0.39, 0.29) is 30.8 Å². The Hall–Kier alpha value is -5.99. The van der Waals surface area contributed by atoms with E-state index in [4.69, 9.17) is 41.3 Å². The summed E-state index contributed by atoms with van der Waals surface area (Å²) in [5.74, 6) is 3.78. The highest BCUT2D eigenvalue weighted by Gasteiger charge is 2.33. The molecule has 0 bridgehead atoms. The third-order valence-electron chi connectivity index (χ3n) is 11.6. The number of piperazine rings is 2. The van der Waals surface area contributed by atoms with E-state index >= 15 is 0 Å². The summed E-state index contributed by atoms with van der Waals surface area (Å²) in [7, 11) is 0. The number of aromatic nitrogens is 9. The van der Waals surface area contributed by atoms with E-state index in [1.807, 2.05) is 20.9 Å². The summed E-state index contributed by atoms with van der Waals surface area (Å²) in [6, 6.07) is 5.60. The number of amides is 2. The van der Waals surface area contributed by atoms with Crippen LogP contribution in [0.2, 0.25) is 0 Å². The minimum atomic E-state index is -0.691. The number of terminal acetylenes is 1. The van der Waals surface area contributed by atoms with Gasteiger partial charge in [0, 0.05) is 90.7 Å². The van der Waals surface area contributed by atoms with E-state index in [1.165, 1.54) is 0 Å². The van der Waals surface area contributed by atoms with Crippen LogP contribution in [0.25, 0.3) is 0 Å². The number of nitrogens with two attached hydrogens (primary N) is 1. The van der Waals surface area contributed by atoms with Crippen LogP contribution in [0.5, 0.6) is 5.75 Å². The number of rotatable bonds is 28. The summed E-state index contributed by atoms with van der Waals surface area (Å²) in [5, 5.41) is 39.8. The Kier molecular flexibility index (Phi) is 20.3. The number of carbonyl (C=O) groups is 2. The zero-order valence-corrected chi connectivity index (χ0v) is 38.7. The largest absolute Gasteiger partial charge is 0.508 e. The van der Waals surface area contributed by atoms with Gasteiger partial charge >= 0.3 is 0 Å². The van der Waals surface area contributed by atoms with Gasteiger partial charge in [-0.25, -0.2) is 9.36 Å². The number of aliphatic hydroxyl groups is 1. The van der Waals surface area contributed by atoms with Gasteiger partial charge < -0.3 is 55.1 Å². The molecule has 4 aromatic rings. The highest BCUT2D eigenvalue weighted by atomic mass is 16.5. The molecule has 5 N–H and O–H groups in total. The smallest absolute Gasteiger partial charge is 0.247 e. The molecule has 2 saturated heterocycles. The molecule has 67 heavy (non-hydrogen) atoms. The van der Waals surface area contributed by atoms with E-state index < -0.39 is 12.1 Å². The number of unbranched alkanes of at least 4 members (excludes halogenated alkanes) is 2. The van der Waals surface area contributed by atoms with Crippen molar-refractivity contribution in [1.82, 2.24) is 54.7 Å². The Morgan fingerprint density at radius 1 is 0.761 bits per heavy atom. The van der Waals surface area contributed by atoms with E-state index in [0.717, 1.165) is 43.4 Å². The van der Waals surface area contributed by atoms with Gasteiger partial charge in [0.05, 0.1) is 44.4 Å². The molecule has 2 amide bonds. The van der Waals surface area contributed by atoms with E-state index in [2.05, 4.69) is 43.7 Å².